The number of hydrogen-bond acceptors (Lipinski definition) is 7. The number of esters is 1. The van der Waals surface area contributed by atoms with Gasteiger partial charge in [0, 0.05) is 4.88 Å². The zero-order valence-corrected chi connectivity index (χ0v) is 21.4. The van der Waals surface area contributed by atoms with Crippen LogP contribution in [0.25, 0.3) is 22.2 Å². The number of carbonyl (C=O) groups excluding carboxylic acids is 2. The molecule has 0 bridgehead atoms. The topological polar surface area (TPSA) is 112 Å². The SMILES string of the molecule is COC(=O)c1c(NC(=O)c2c(N)n(Cc3ccc(F)cc3)c3nc4ccccc4nc23)sc2c1CCCC2. The molecule has 3 N–H and O–H groups in total. The van der Waals surface area contributed by atoms with E-state index < -0.39 is 11.9 Å². The highest BCUT2D eigenvalue weighted by Crippen LogP contribution is 2.39. The van der Waals surface area contributed by atoms with Crippen molar-refractivity contribution in [1.82, 2.24) is 14.5 Å². The summed E-state index contributed by atoms with van der Waals surface area (Å²) in [5.74, 6) is -1.13. The van der Waals surface area contributed by atoms with Gasteiger partial charge >= 0.3 is 5.97 Å². The second-order valence-electron chi connectivity index (χ2n) is 9.22. The number of thiophene rings is 1. The Hall–Kier alpha value is -4.31. The number of aromatic nitrogens is 3. The molecule has 192 valence electrons. The maximum Gasteiger partial charge on any atom is 0.341 e. The van der Waals surface area contributed by atoms with Crippen molar-refractivity contribution in [3.63, 3.8) is 0 Å². The zero-order valence-electron chi connectivity index (χ0n) is 20.6. The number of hydrogen-bond donors (Lipinski definition) is 2. The van der Waals surface area contributed by atoms with E-state index in [1.165, 1.54) is 30.6 Å². The maximum absolute atomic E-state index is 13.8. The van der Waals surface area contributed by atoms with E-state index in [0.29, 0.717) is 32.8 Å². The molecule has 10 heteroatoms. The van der Waals surface area contributed by atoms with E-state index in [1.54, 1.807) is 16.7 Å². The molecule has 0 aliphatic heterocycles. The van der Waals surface area contributed by atoms with Crippen LogP contribution in [0.5, 0.6) is 0 Å². The second-order valence-corrected chi connectivity index (χ2v) is 10.3. The molecule has 0 radical (unpaired) electrons. The van der Waals surface area contributed by atoms with Crippen molar-refractivity contribution in [1.29, 1.82) is 0 Å². The Morgan fingerprint density at radius 2 is 1.76 bits per heavy atom. The number of nitrogens with two attached hydrogens (primary N) is 1. The van der Waals surface area contributed by atoms with Crippen LogP contribution in [-0.4, -0.2) is 33.5 Å². The van der Waals surface area contributed by atoms with Crippen molar-refractivity contribution in [3.8, 4) is 0 Å². The van der Waals surface area contributed by atoms with E-state index in [-0.39, 0.29) is 23.7 Å². The molecule has 2 aromatic carbocycles. The highest BCUT2D eigenvalue weighted by molar-refractivity contribution is 7.17. The Labute approximate surface area is 221 Å². The first-order chi connectivity index (χ1) is 18.4. The average molecular weight is 530 g/mol. The highest BCUT2D eigenvalue weighted by atomic mass is 32.1. The average Bonchev–Trinajstić information content (AvgIpc) is 3.42. The summed E-state index contributed by atoms with van der Waals surface area (Å²) in [6, 6.07) is 13.4. The quantitative estimate of drug-likeness (QED) is 0.298. The number of nitrogens with one attached hydrogen (secondary N) is 1. The number of fused-ring (bicyclic) bond motifs is 3. The molecular weight excluding hydrogens is 505 g/mol. The summed E-state index contributed by atoms with van der Waals surface area (Å²) in [4.78, 5) is 37.1. The molecule has 8 nitrogen and oxygen atoms in total. The van der Waals surface area contributed by atoms with E-state index in [2.05, 4.69) is 5.32 Å². The Bertz CT molecular complexity index is 1720. The molecule has 6 rings (SSSR count). The molecule has 5 aromatic rings. The lowest BCUT2D eigenvalue weighted by Gasteiger charge is -2.11. The largest absolute Gasteiger partial charge is 0.465 e. The van der Waals surface area contributed by atoms with Gasteiger partial charge in [-0.05, 0) is 61.1 Å². The minimum absolute atomic E-state index is 0.169. The van der Waals surface area contributed by atoms with E-state index in [0.717, 1.165) is 41.7 Å². The lowest BCUT2D eigenvalue weighted by atomic mass is 9.95. The summed E-state index contributed by atoms with van der Waals surface area (Å²) in [6.07, 6.45) is 3.64. The van der Waals surface area contributed by atoms with Crippen molar-refractivity contribution >= 4 is 56.2 Å². The summed E-state index contributed by atoms with van der Waals surface area (Å²) in [5.41, 5.74) is 11.0. The fourth-order valence-corrected chi connectivity index (χ4v) is 6.28. The third-order valence-electron chi connectivity index (χ3n) is 6.86. The number of anilines is 2. The number of para-hydroxylation sites is 2. The van der Waals surface area contributed by atoms with Crippen LogP contribution >= 0.6 is 11.3 Å². The summed E-state index contributed by atoms with van der Waals surface area (Å²) >= 11 is 1.40. The Morgan fingerprint density at radius 3 is 2.50 bits per heavy atom. The lowest BCUT2D eigenvalue weighted by Crippen LogP contribution is -2.17. The molecule has 0 spiro atoms. The van der Waals surface area contributed by atoms with E-state index >= 15 is 0 Å². The Balaban J connectivity index is 1.48. The number of nitrogen functional groups attached to an aromatic ring is 1. The van der Waals surface area contributed by atoms with E-state index in [9.17, 15) is 14.0 Å². The number of methoxy groups -OCH3 is 1. The van der Waals surface area contributed by atoms with Crippen LogP contribution in [0.15, 0.2) is 48.5 Å². The first kappa shape index (κ1) is 24.1. The van der Waals surface area contributed by atoms with Gasteiger partial charge in [-0.2, -0.15) is 0 Å². The van der Waals surface area contributed by atoms with Crippen molar-refractivity contribution < 1.29 is 18.7 Å². The number of rotatable bonds is 5. The summed E-state index contributed by atoms with van der Waals surface area (Å²) in [6.45, 7) is 0.267. The molecule has 3 aromatic heterocycles. The predicted octanol–water partition coefficient (Wildman–Crippen LogP) is 5.33. The minimum atomic E-state index is -0.487. The molecule has 1 aliphatic rings. The molecule has 0 atom stereocenters. The Kier molecular flexibility index (Phi) is 6.03. The molecule has 0 unspecified atom stereocenters. The number of amides is 1. The summed E-state index contributed by atoms with van der Waals surface area (Å²) in [5, 5.41) is 3.38. The van der Waals surface area contributed by atoms with Gasteiger partial charge in [-0.15, -0.1) is 11.3 Å². The number of benzene rings is 2. The third kappa shape index (κ3) is 4.06. The van der Waals surface area contributed by atoms with Gasteiger partial charge in [0.15, 0.2) is 5.65 Å². The van der Waals surface area contributed by atoms with Crippen molar-refractivity contribution in [2.24, 2.45) is 0 Å². The first-order valence-electron chi connectivity index (χ1n) is 12.3. The van der Waals surface area contributed by atoms with Crippen LogP contribution < -0.4 is 11.1 Å². The van der Waals surface area contributed by atoms with Crippen LogP contribution in [0.4, 0.5) is 15.2 Å². The van der Waals surface area contributed by atoms with Gasteiger partial charge in [-0.1, -0.05) is 24.3 Å². The van der Waals surface area contributed by atoms with E-state index in [4.69, 9.17) is 20.4 Å². The Morgan fingerprint density at radius 1 is 1.05 bits per heavy atom. The van der Waals surface area contributed by atoms with Crippen molar-refractivity contribution in [3.05, 3.63) is 81.5 Å². The van der Waals surface area contributed by atoms with Gasteiger partial charge in [-0.3, -0.25) is 4.79 Å². The number of carbonyl (C=O) groups is 2. The number of nitrogens with zero attached hydrogens (tertiary/aromatic N) is 3. The minimum Gasteiger partial charge on any atom is -0.465 e. The van der Waals surface area contributed by atoms with Crippen LogP contribution in [0.3, 0.4) is 0 Å². The summed E-state index contributed by atoms with van der Waals surface area (Å²) in [7, 11) is 1.34. The molecular formula is C28H24FN5O3S. The fourth-order valence-electron chi connectivity index (χ4n) is 5.01. The second kappa shape index (κ2) is 9.53. The van der Waals surface area contributed by atoms with E-state index in [1.807, 2.05) is 24.3 Å². The van der Waals surface area contributed by atoms with Crippen LogP contribution in [0, 0.1) is 5.82 Å². The normalized spacial score (nSPS) is 13.0. The third-order valence-corrected chi connectivity index (χ3v) is 8.07. The lowest BCUT2D eigenvalue weighted by molar-refractivity contribution is 0.0601. The van der Waals surface area contributed by atoms with Gasteiger partial charge in [0.2, 0.25) is 0 Å². The molecule has 0 saturated heterocycles. The molecule has 0 saturated carbocycles. The first-order valence-corrected chi connectivity index (χ1v) is 13.1. The molecule has 1 amide bonds. The maximum atomic E-state index is 13.8. The number of aryl methyl sites for hydroxylation is 1. The highest BCUT2D eigenvalue weighted by Gasteiger charge is 2.30. The van der Waals surface area contributed by atoms with Crippen molar-refractivity contribution in [2.45, 2.75) is 32.2 Å². The zero-order chi connectivity index (χ0) is 26.4. The monoisotopic (exact) mass is 529 g/mol. The smallest absolute Gasteiger partial charge is 0.341 e. The van der Waals surface area contributed by atoms with Crippen LogP contribution in [0.1, 0.15) is 49.6 Å². The number of halogens is 1. The van der Waals surface area contributed by atoms with Crippen molar-refractivity contribution in [2.75, 3.05) is 18.2 Å². The van der Waals surface area contributed by atoms with Crippen LogP contribution in [0.2, 0.25) is 0 Å². The molecule has 38 heavy (non-hydrogen) atoms. The number of ether oxygens (including phenoxy) is 1. The van der Waals surface area contributed by atoms with Gasteiger partial charge < -0.3 is 20.4 Å². The predicted molar refractivity (Wildman–Crippen MR) is 145 cm³/mol. The summed E-state index contributed by atoms with van der Waals surface area (Å²) < 4.78 is 20.3. The fraction of sp³-hybridized carbons (Fsp3) is 0.214. The van der Waals surface area contributed by atoms with Gasteiger partial charge in [-0.25, -0.2) is 19.2 Å². The molecule has 3 heterocycles. The molecule has 1 aliphatic carbocycles. The standard InChI is InChI=1S/C28H24FN5O3S/c1-37-28(36)21-17-6-2-5-9-20(17)38-27(21)33-26(35)22-23-25(32-19-8-4-3-7-18(19)31-23)34(24(22)30)14-15-10-12-16(29)13-11-15/h3-4,7-8,10-13H,2,5-6,9,14,30H2,1H3,(H,33,35). The van der Waals surface area contributed by atoms with Crippen LogP contribution in [-0.2, 0) is 24.1 Å². The van der Waals surface area contributed by atoms with Gasteiger partial charge in [0.25, 0.3) is 5.91 Å². The molecule has 0 fully saturated rings. The van der Waals surface area contributed by atoms with Gasteiger partial charge in [0.1, 0.15) is 27.7 Å². The van der Waals surface area contributed by atoms with Gasteiger partial charge in [0.05, 0.1) is 30.3 Å².